The topological polar surface area (TPSA) is 22.1 Å². The highest BCUT2D eigenvalue weighted by molar-refractivity contribution is 9.09. The minimum Gasteiger partial charge on any atom is -0.495 e. The zero-order valence-corrected chi connectivity index (χ0v) is 10.8. The van der Waals surface area contributed by atoms with E-state index in [1.165, 1.54) is 12.8 Å². The molecule has 0 spiro atoms. The summed E-state index contributed by atoms with van der Waals surface area (Å²) in [6.07, 6.45) is 5.39. The van der Waals surface area contributed by atoms with Crippen molar-refractivity contribution in [3.8, 4) is 5.75 Å². The molecule has 1 heterocycles. The molecule has 15 heavy (non-hydrogen) atoms. The van der Waals surface area contributed by atoms with E-state index in [0.29, 0.717) is 4.83 Å². The summed E-state index contributed by atoms with van der Waals surface area (Å²) in [6.45, 7) is 2.28. The van der Waals surface area contributed by atoms with E-state index in [4.69, 9.17) is 4.74 Å². The lowest BCUT2D eigenvalue weighted by molar-refractivity contribution is 0.379. The van der Waals surface area contributed by atoms with Crippen molar-refractivity contribution in [3.63, 3.8) is 0 Å². The van der Waals surface area contributed by atoms with Crippen LogP contribution in [0.15, 0.2) is 18.3 Å². The molecule has 0 N–H and O–H groups in total. The van der Waals surface area contributed by atoms with Gasteiger partial charge in [0.1, 0.15) is 5.75 Å². The average molecular weight is 270 g/mol. The van der Waals surface area contributed by atoms with Gasteiger partial charge in [-0.15, -0.1) is 0 Å². The predicted molar refractivity (Wildman–Crippen MR) is 64.7 cm³/mol. The van der Waals surface area contributed by atoms with Gasteiger partial charge < -0.3 is 4.74 Å². The molecule has 1 aliphatic rings. The third-order valence-corrected chi connectivity index (χ3v) is 4.03. The van der Waals surface area contributed by atoms with Crippen LogP contribution in [0.5, 0.6) is 5.75 Å². The van der Waals surface area contributed by atoms with Crippen molar-refractivity contribution < 1.29 is 4.74 Å². The van der Waals surface area contributed by atoms with Crippen molar-refractivity contribution in [1.82, 2.24) is 4.98 Å². The monoisotopic (exact) mass is 269 g/mol. The largest absolute Gasteiger partial charge is 0.495 e. The normalized spacial score (nSPS) is 30.5. The van der Waals surface area contributed by atoms with Crippen LogP contribution in [0.1, 0.15) is 31.9 Å². The van der Waals surface area contributed by atoms with Crippen LogP contribution in [0.3, 0.4) is 0 Å². The summed E-state index contributed by atoms with van der Waals surface area (Å²) >= 11 is 3.69. The van der Waals surface area contributed by atoms with Crippen LogP contribution < -0.4 is 4.74 Å². The van der Waals surface area contributed by atoms with Gasteiger partial charge in [-0.25, -0.2) is 0 Å². The van der Waals surface area contributed by atoms with Crippen LogP contribution >= 0.6 is 15.9 Å². The molecule has 3 heteroatoms. The fourth-order valence-electron chi connectivity index (χ4n) is 2.39. The molecule has 0 bridgehead atoms. The Morgan fingerprint density at radius 3 is 3.00 bits per heavy atom. The average Bonchev–Trinajstić information content (AvgIpc) is 2.60. The highest BCUT2D eigenvalue weighted by atomic mass is 79.9. The molecular formula is C12H16BrNO. The van der Waals surface area contributed by atoms with Crippen LogP contribution in [0, 0.1) is 0 Å². The van der Waals surface area contributed by atoms with E-state index >= 15 is 0 Å². The Morgan fingerprint density at radius 1 is 1.60 bits per heavy atom. The van der Waals surface area contributed by atoms with Crippen molar-refractivity contribution in [2.45, 2.75) is 36.4 Å². The first kappa shape index (κ1) is 10.9. The third-order valence-electron chi connectivity index (χ3n) is 3.24. The molecule has 1 saturated carbocycles. The Hall–Kier alpha value is -0.570. The van der Waals surface area contributed by atoms with E-state index in [9.17, 15) is 0 Å². The second kappa shape index (κ2) is 4.12. The van der Waals surface area contributed by atoms with Crippen LogP contribution in [0.4, 0.5) is 0 Å². The maximum absolute atomic E-state index is 5.38. The smallest absolute Gasteiger partial charge is 0.140 e. The molecule has 1 fully saturated rings. The fraction of sp³-hybridized carbons (Fsp3) is 0.583. The lowest BCUT2D eigenvalue weighted by atomic mass is 9.84. The van der Waals surface area contributed by atoms with Gasteiger partial charge in [0, 0.05) is 16.4 Å². The number of ether oxygens (including phenoxy) is 1. The Morgan fingerprint density at radius 2 is 2.40 bits per heavy atom. The highest BCUT2D eigenvalue weighted by Crippen LogP contribution is 2.45. The lowest BCUT2D eigenvalue weighted by Crippen LogP contribution is -2.20. The van der Waals surface area contributed by atoms with E-state index in [2.05, 4.69) is 27.8 Å². The van der Waals surface area contributed by atoms with Crippen LogP contribution in [0.2, 0.25) is 0 Å². The maximum atomic E-state index is 5.38. The molecule has 1 aromatic heterocycles. The van der Waals surface area contributed by atoms with Gasteiger partial charge in [-0.1, -0.05) is 22.9 Å². The number of rotatable bonds is 2. The molecule has 2 rings (SSSR count). The van der Waals surface area contributed by atoms with E-state index in [0.717, 1.165) is 17.9 Å². The molecule has 0 aliphatic heterocycles. The molecule has 0 aromatic carbocycles. The van der Waals surface area contributed by atoms with Crippen LogP contribution in [0.25, 0.3) is 0 Å². The van der Waals surface area contributed by atoms with Gasteiger partial charge in [0.15, 0.2) is 0 Å². The zero-order chi connectivity index (χ0) is 10.9. The quantitative estimate of drug-likeness (QED) is 0.769. The number of nitrogens with zero attached hydrogens (tertiary/aromatic N) is 1. The van der Waals surface area contributed by atoms with E-state index < -0.39 is 0 Å². The first-order valence-corrected chi connectivity index (χ1v) is 6.21. The Kier molecular flexibility index (Phi) is 3.01. The maximum Gasteiger partial charge on any atom is 0.140 e. The number of pyridine rings is 1. The second-order valence-corrected chi connectivity index (χ2v) is 5.75. The number of aromatic nitrogens is 1. The second-order valence-electron chi connectivity index (χ2n) is 4.46. The van der Waals surface area contributed by atoms with Gasteiger partial charge in [-0.3, -0.25) is 4.98 Å². The molecule has 1 aliphatic carbocycles. The number of hydrogen-bond donors (Lipinski definition) is 0. The molecule has 0 amide bonds. The summed E-state index contributed by atoms with van der Waals surface area (Å²) in [5.41, 5.74) is 1.27. The predicted octanol–water partition coefficient (Wildman–Crippen LogP) is 3.30. The summed E-state index contributed by atoms with van der Waals surface area (Å²) in [5, 5.41) is 0. The van der Waals surface area contributed by atoms with Crippen molar-refractivity contribution in [2.24, 2.45) is 0 Å². The van der Waals surface area contributed by atoms with E-state index in [-0.39, 0.29) is 5.41 Å². The molecule has 2 unspecified atom stereocenters. The Labute approximate surface area is 99.2 Å². The summed E-state index contributed by atoms with van der Waals surface area (Å²) in [7, 11) is 1.71. The summed E-state index contributed by atoms with van der Waals surface area (Å²) < 4.78 is 5.38. The van der Waals surface area contributed by atoms with Gasteiger partial charge >= 0.3 is 0 Å². The van der Waals surface area contributed by atoms with Crippen LogP contribution in [-0.2, 0) is 5.41 Å². The van der Waals surface area contributed by atoms with Gasteiger partial charge in [-0.2, -0.15) is 0 Å². The highest BCUT2D eigenvalue weighted by Gasteiger charge is 2.38. The number of hydrogen-bond acceptors (Lipinski definition) is 2. The van der Waals surface area contributed by atoms with Gasteiger partial charge in [0.2, 0.25) is 0 Å². The van der Waals surface area contributed by atoms with Gasteiger partial charge in [-0.05, 0) is 31.4 Å². The molecule has 0 radical (unpaired) electrons. The molecule has 0 saturated heterocycles. The van der Waals surface area contributed by atoms with E-state index in [1.807, 2.05) is 18.3 Å². The summed E-state index contributed by atoms with van der Waals surface area (Å²) in [5.74, 6) is 0.918. The zero-order valence-electron chi connectivity index (χ0n) is 9.16. The first-order chi connectivity index (χ1) is 7.15. The van der Waals surface area contributed by atoms with Crippen molar-refractivity contribution in [3.05, 3.63) is 24.0 Å². The Balaban J connectivity index is 2.36. The SMILES string of the molecule is COc1cccnc1C1(C)CCC(Br)C1. The van der Waals surface area contributed by atoms with Crippen molar-refractivity contribution in [2.75, 3.05) is 7.11 Å². The standard InChI is InChI=1S/C12H16BrNO/c1-12(6-5-9(13)8-12)11-10(15-2)4-3-7-14-11/h3-4,7,9H,5-6,8H2,1-2H3. The van der Waals surface area contributed by atoms with Crippen LogP contribution in [-0.4, -0.2) is 16.9 Å². The number of alkyl halides is 1. The Bertz CT molecular complexity index is 355. The van der Waals surface area contributed by atoms with Gasteiger partial charge in [0.25, 0.3) is 0 Å². The molecule has 2 atom stereocenters. The molecule has 82 valence electrons. The first-order valence-electron chi connectivity index (χ1n) is 5.29. The van der Waals surface area contributed by atoms with E-state index in [1.54, 1.807) is 7.11 Å². The third kappa shape index (κ3) is 2.03. The van der Waals surface area contributed by atoms with Crippen molar-refractivity contribution in [1.29, 1.82) is 0 Å². The molecule has 2 nitrogen and oxygen atoms in total. The lowest BCUT2D eigenvalue weighted by Gasteiger charge is -2.24. The summed E-state index contributed by atoms with van der Waals surface area (Å²) in [4.78, 5) is 5.11. The molecular weight excluding hydrogens is 254 g/mol. The minimum absolute atomic E-state index is 0.167. The minimum atomic E-state index is 0.167. The summed E-state index contributed by atoms with van der Waals surface area (Å²) in [6, 6.07) is 3.92. The fourth-order valence-corrected chi connectivity index (χ4v) is 3.34. The van der Waals surface area contributed by atoms with Gasteiger partial charge in [0.05, 0.1) is 12.8 Å². The molecule has 1 aromatic rings. The number of methoxy groups -OCH3 is 1. The number of halogens is 1. The van der Waals surface area contributed by atoms with Crippen molar-refractivity contribution >= 4 is 15.9 Å².